The molecule has 0 bridgehead atoms. The maximum Gasteiger partial charge on any atom is 0.191 e. The summed E-state index contributed by atoms with van der Waals surface area (Å²) in [5.74, 6) is 0.640. The average Bonchev–Trinajstić information content (AvgIpc) is 2.58. The van der Waals surface area contributed by atoms with Crippen molar-refractivity contribution in [1.29, 1.82) is 0 Å². The lowest BCUT2D eigenvalue weighted by molar-refractivity contribution is 0.214. The molecule has 0 aliphatic heterocycles. The van der Waals surface area contributed by atoms with Gasteiger partial charge in [0.1, 0.15) is 6.10 Å². The minimum absolute atomic E-state index is 0. The van der Waals surface area contributed by atoms with Crippen molar-refractivity contribution in [3.8, 4) is 5.75 Å². The highest BCUT2D eigenvalue weighted by atomic mass is 127. The van der Waals surface area contributed by atoms with Crippen molar-refractivity contribution in [1.82, 2.24) is 15.5 Å². The number of nitrogens with one attached hydrogen (secondary N) is 2. The summed E-state index contributed by atoms with van der Waals surface area (Å²) in [6, 6.07) is 6.99. The molecule has 0 amide bonds. The van der Waals surface area contributed by atoms with Gasteiger partial charge in [0, 0.05) is 26.2 Å². The molecule has 144 valence electrons. The van der Waals surface area contributed by atoms with Crippen LogP contribution in [0.15, 0.2) is 29.3 Å². The molecule has 5 nitrogen and oxygen atoms in total. The van der Waals surface area contributed by atoms with Gasteiger partial charge < -0.3 is 20.3 Å². The molecular formula is C18H32FIN4O. The quantitative estimate of drug-likeness (QED) is 0.334. The Morgan fingerprint density at radius 2 is 1.96 bits per heavy atom. The molecule has 2 N–H and O–H groups in total. The van der Waals surface area contributed by atoms with Crippen molar-refractivity contribution in [2.45, 2.75) is 39.3 Å². The lowest BCUT2D eigenvalue weighted by atomic mass is 10.2. The second-order valence-corrected chi connectivity index (χ2v) is 5.98. The van der Waals surface area contributed by atoms with E-state index in [0.29, 0.717) is 12.6 Å². The molecule has 7 heteroatoms. The van der Waals surface area contributed by atoms with Crippen LogP contribution in [-0.2, 0) is 0 Å². The number of hydrogen-bond donors (Lipinski definition) is 2. The van der Waals surface area contributed by atoms with Crippen molar-refractivity contribution in [2.75, 3.05) is 33.7 Å². The van der Waals surface area contributed by atoms with Crippen LogP contribution in [0, 0.1) is 5.82 Å². The summed E-state index contributed by atoms with van der Waals surface area (Å²) in [6.07, 6.45) is 0.956. The normalized spacial score (nSPS) is 13.8. The molecule has 0 fully saturated rings. The van der Waals surface area contributed by atoms with Gasteiger partial charge in [-0.2, -0.15) is 0 Å². The third-order valence-corrected chi connectivity index (χ3v) is 4.05. The zero-order valence-electron chi connectivity index (χ0n) is 15.9. The SMILES string of the molecule is CCC(C)N(C)CCNC(=NC)NCC(C)Oc1ccccc1F.I. The molecule has 1 rings (SSSR count). The van der Waals surface area contributed by atoms with Crippen molar-refractivity contribution >= 4 is 29.9 Å². The van der Waals surface area contributed by atoms with E-state index in [4.69, 9.17) is 4.74 Å². The van der Waals surface area contributed by atoms with Crippen molar-refractivity contribution in [3.05, 3.63) is 30.1 Å². The first-order chi connectivity index (χ1) is 11.5. The van der Waals surface area contributed by atoms with Gasteiger partial charge in [0.25, 0.3) is 0 Å². The van der Waals surface area contributed by atoms with E-state index in [0.717, 1.165) is 25.5 Å². The molecular weight excluding hydrogens is 434 g/mol. The number of guanidine groups is 1. The predicted molar refractivity (Wildman–Crippen MR) is 114 cm³/mol. The number of halogens is 2. The molecule has 0 aromatic heterocycles. The van der Waals surface area contributed by atoms with E-state index in [2.05, 4.69) is 41.4 Å². The van der Waals surface area contributed by atoms with Crippen molar-refractivity contribution in [2.24, 2.45) is 4.99 Å². The zero-order chi connectivity index (χ0) is 17.9. The molecule has 1 aromatic rings. The van der Waals surface area contributed by atoms with Gasteiger partial charge in [0.05, 0.1) is 6.54 Å². The minimum Gasteiger partial charge on any atom is -0.486 e. The number of para-hydroxylation sites is 1. The zero-order valence-corrected chi connectivity index (χ0v) is 18.2. The number of rotatable bonds is 9. The predicted octanol–water partition coefficient (Wildman–Crippen LogP) is 3.11. The van der Waals surface area contributed by atoms with Crippen LogP contribution in [0.4, 0.5) is 4.39 Å². The van der Waals surface area contributed by atoms with Gasteiger partial charge in [-0.05, 0) is 39.4 Å². The van der Waals surface area contributed by atoms with Crippen LogP contribution in [0.25, 0.3) is 0 Å². The Kier molecular flexibility index (Phi) is 12.6. The first-order valence-electron chi connectivity index (χ1n) is 8.53. The first kappa shape index (κ1) is 23.9. The molecule has 1 aromatic carbocycles. The molecule has 0 saturated carbocycles. The third-order valence-electron chi connectivity index (χ3n) is 4.05. The van der Waals surface area contributed by atoms with E-state index in [9.17, 15) is 4.39 Å². The number of likely N-dealkylation sites (N-methyl/N-ethyl adjacent to an activating group) is 1. The number of hydrogen-bond acceptors (Lipinski definition) is 3. The molecule has 2 unspecified atom stereocenters. The molecule has 0 heterocycles. The van der Waals surface area contributed by atoms with Crippen LogP contribution >= 0.6 is 24.0 Å². The summed E-state index contributed by atoms with van der Waals surface area (Å²) in [5.41, 5.74) is 0. The smallest absolute Gasteiger partial charge is 0.191 e. The Morgan fingerprint density at radius 1 is 1.28 bits per heavy atom. The van der Waals surface area contributed by atoms with Gasteiger partial charge in [-0.3, -0.25) is 4.99 Å². The molecule has 0 aliphatic carbocycles. The van der Waals surface area contributed by atoms with Gasteiger partial charge in [-0.25, -0.2) is 4.39 Å². The van der Waals surface area contributed by atoms with Gasteiger partial charge in [-0.15, -0.1) is 24.0 Å². The standard InChI is InChI=1S/C18H31FN4O.HI/c1-6-14(2)23(5)12-11-21-18(20-4)22-13-15(3)24-17-10-8-7-9-16(17)19;/h7-10,14-15H,6,11-13H2,1-5H3,(H2,20,21,22);1H. The maximum absolute atomic E-state index is 13.6. The fourth-order valence-corrected chi connectivity index (χ4v) is 2.14. The summed E-state index contributed by atoms with van der Waals surface area (Å²) < 4.78 is 19.2. The Morgan fingerprint density at radius 3 is 2.56 bits per heavy atom. The van der Waals surface area contributed by atoms with Gasteiger partial charge in [-0.1, -0.05) is 19.1 Å². The Bertz CT molecular complexity index is 516. The van der Waals surface area contributed by atoms with Crippen LogP contribution in [0.5, 0.6) is 5.75 Å². The molecule has 25 heavy (non-hydrogen) atoms. The first-order valence-corrected chi connectivity index (χ1v) is 8.53. The fourth-order valence-electron chi connectivity index (χ4n) is 2.14. The number of nitrogens with zero attached hydrogens (tertiary/aromatic N) is 2. The number of ether oxygens (including phenoxy) is 1. The van der Waals surface area contributed by atoms with Crippen LogP contribution < -0.4 is 15.4 Å². The van der Waals surface area contributed by atoms with Gasteiger partial charge in [0.15, 0.2) is 17.5 Å². The molecule has 0 saturated heterocycles. The highest BCUT2D eigenvalue weighted by Crippen LogP contribution is 2.16. The third kappa shape index (κ3) is 9.25. The Balaban J connectivity index is 0.00000576. The lowest BCUT2D eigenvalue weighted by Crippen LogP contribution is -2.44. The van der Waals surface area contributed by atoms with Crippen LogP contribution in [0.1, 0.15) is 27.2 Å². The summed E-state index contributed by atoms with van der Waals surface area (Å²) in [7, 11) is 3.85. The number of aliphatic imine (C=N–C) groups is 1. The van der Waals surface area contributed by atoms with E-state index in [1.807, 2.05) is 6.92 Å². The van der Waals surface area contributed by atoms with Crippen LogP contribution in [0.3, 0.4) is 0 Å². The number of benzene rings is 1. The molecule has 0 spiro atoms. The fraction of sp³-hybridized carbons (Fsp3) is 0.611. The summed E-state index contributed by atoms with van der Waals surface area (Å²) in [4.78, 5) is 6.50. The maximum atomic E-state index is 13.6. The summed E-state index contributed by atoms with van der Waals surface area (Å²) in [6.45, 7) is 8.58. The van der Waals surface area contributed by atoms with E-state index >= 15 is 0 Å². The largest absolute Gasteiger partial charge is 0.486 e. The van der Waals surface area contributed by atoms with Gasteiger partial charge in [0.2, 0.25) is 0 Å². The van der Waals surface area contributed by atoms with E-state index in [1.165, 1.54) is 6.07 Å². The Hall–Kier alpha value is -1.09. The monoisotopic (exact) mass is 466 g/mol. The summed E-state index contributed by atoms with van der Waals surface area (Å²) in [5, 5.41) is 6.48. The highest BCUT2D eigenvalue weighted by molar-refractivity contribution is 14.0. The molecule has 0 aliphatic rings. The van der Waals surface area contributed by atoms with E-state index in [-0.39, 0.29) is 41.6 Å². The lowest BCUT2D eigenvalue weighted by Gasteiger charge is -2.24. The molecule has 0 radical (unpaired) electrons. The average molecular weight is 466 g/mol. The molecule has 2 atom stereocenters. The van der Waals surface area contributed by atoms with E-state index < -0.39 is 0 Å². The van der Waals surface area contributed by atoms with Crippen molar-refractivity contribution in [3.63, 3.8) is 0 Å². The minimum atomic E-state index is -0.347. The topological polar surface area (TPSA) is 48.9 Å². The second kappa shape index (κ2) is 13.2. The Labute approximate surface area is 168 Å². The van der Waals surface area contributed by atoms with E-state index in [1.54, 1.807) is 25.2 Å². The van der Waals surface area contributed by atoms with Crippen LogP contribution in [0.2, 0.25) is 0 Å². The second-order valence-electron chi connectivity index (χ2n) is 5.98. The van der Waals surface area contributed by atoms with Gasteiger partial charge >= 0.3 is 0 Å². The van der Waals surface area contributed by atoms with Crippen LogP contribution in [-0.4, -0.2) is 56.7 Å². The summed E-state index contributed by atoms with van der Waals surface area (Å²) >= 11 is 0. The van der Waals surface area contributed by atoms with Crippen molar-refractivity contribution < 1.29 is 9.13 Å². The highest BCUT2D eigenvalue weighted by Gasteiger charge is 2.09.